The second-order valence-electron chi connectivity index (χ2n) is 8.94. The number of amides is 1. The Morgan fingerprint density at radius 2 is 2.05 bits per heavy atom. The maximum atomic E-state index is 13.5. The SMILES string of the molecule is CC(=O)OC(c1cn2c(n1)CN(C)CC2)[C@]1(Br)C(=O)N2C(C(=O)OCc3ccc([N+](=O)[O-])cc3)=CS[C@H]21. The normalized spacial score (nSPS) is 23.4. The number of likely N-dealkylation sites (N-methyl/N-ethyl adjacent to an activating group) is 1. The molecular weight excluding hydrogens is 570 g/mol. The summed E-state index contributed by atoms with van der Waals surface area (Å²) in [6, 6.07) is 5.64. The largest absolute Gasteiger partial charge is 0.456 e. The van der Waals surface area contributed by atoms with E-state index in [2.05, 4.69) is 25.8 Å². The molecule has 194 valence electrons. The number of nitro groups is 1. The van der Waals surface area contributed by atoms with E-state index < -0.39 is 38.6 Å². The van der Waals surface area contributed by atoms with Crippen molar-refractivity contribution >= 4 is 51.2 Å². The van der Waals surface area contributed by atoms with Gasteiger partial charge in [-0.1, -0.05) is 15.9 Å². The second kappa shape index (κ2) is 9.58. The van der Waals surface area contributed by atoms with E-state index in [0.29, 0.717) is 17.8 Å². The van der Waals surface area contributed by atoms with Crippen molar-refractivity contribution in [1.82, 2.24) is 19.4 Å². The van der Waals surface area contributed by atoms with Crippen molar-refractivity contribution in [3.63, 3.8) is 0 Å². The van der Waals surface area contributed by atoms with Crippen molar-refractivity contribution in [2.75, 3.05) is 13.6 Å². The van der Waals surface area contributed by atoms with Crippen LogP contribution in [-0.4, -0.2) is 65.4 Å². The number of carbonyl (C=O) groups is 3. The van der Waals surface area contributed by atoms with E-state index >= 15 is 0 Å². The summed E-state index contributed by atoms with van der Waals surface area (Å²) in [5, 5.41) is 11.8. The van der Waals surface area contributed by atoms with Crippen molar-refractivity contribution in [2.24, 2.45) is 0 Å². The highest BCUT2D eigenvalue weighted by Gasteiger charge is 2.69. The van der Waals surface area contributed by atoms with Gasteiger partial charge in [0.25, 0.3) is 11.6 Å². The average Bonchev–Trinajstić information content (AvgIpc) is 3.48. The van der Waals surface area contributed by atoms with E-state index in [4.69, 9.17) is 9.47 Å². The van der Waals surface area contributed by atoms with Crippen LogP contribution in [-0.2, 0) is 43.6 Å². The summed E-state index contributed by atoms with van der Waals surface area (Å²) in [6.45, 7) is 3.36. The van der Waals surface area contributed by atoms with Crippen LogP contribution in [0, 0.1) is 10.1 Å². The lowest BCUT2D eigenvalue weighted by atomic mass is 9.89. The Balaban J connectivity index is 1.31. The Morgan fingerprint density at radius 1 is 1.32 bits per heavy atom. The van der Waals surface area contributed by atoms with Gasteiger partial charge in [0, 0.05) is 43.8 Å². The molecule has 4 heterocycles. The van der Waals surface area contributed by atoms with Gasteiger partial charge >= 0.3 is 11.9 Å². The fraction of sp³-hybridized carbons (Fsp3) is 0.391. The number of rotatable bonds is 7. The number of imidazole rings is 1. The van der Waals surface area contributed by atoms with Gasteiger partial charge in [0.2, 0.25) is 0 Å². The molecule has 37 heavy (non-hydrogen) atoms. The fourth-order valence-electron chi connectivity index (χ4n) is 4.47. The molecule has 1 aromatic carbocycles. The van der Waals surface area contributed by atoms with E-state index in [9.17, 15) is 24.5 Å². The smallest absolute Gasteiger partial charge is 0.355 e. The molecule has 0 bridgehead atoms. The summed E-state index contributed by atoms with van der Waals surface area (Å²) in [7, 11) is 1.99. The summed E-state index contributed by atoms with van der Waals surface area (Å²) in [4.78, 5) is 56.7. The number of β-lactam (4-membered cyclic amide) rings is 1. The number of esters is 2. The Hall–Kier alpha value is -3.23. The van der Waals surface area contributed by atoms with Gasteiger partial charge in [-0.3, -0.25) is 29.5 Å². The number of alkyl halides is 1. The highest BCUT2D eigenvalue weighted by molar-refractivity contribution is 9.10. The number of hydrogen-bond acceptors (Lipinski definition) is 10. The van der Waals surface area contributed by atoms with Crippen molar-refractivity contribution < 1.29 is 28.8 Å². The molecule has 3 aliphatic rings. The lowest BCUT2D eigenvalue weighted by Gasteiger charge is -2.51. The van der Waals surface area contributed by atoms with E-state index in [-0.39, 0.29) is 18.0 Å². The molecule has 12 nitrogen and oxygen atoms in total. The third-order valence-electron chi connectivity index (χ3n) is 6.38. The van der Waals surface area contributed by atoms with Crippen LogP contribution in [0.4, 0.5) is 5.69 Å². The van der Waals surface area contributed by atoms with Gasteiger partial charge in [-0.2, -0.15) is 0 Å². The number of ether oxygens (including phenoxy) is 2. The van der Waals surface area contributed by atoms with E-state index in [0.717, 1.165) is 18.9 Å². The van der Waals surface area contributed by atoms with Gasteiger partial charge in [0.1, 0.15) is 29.2 Å². The number of carbonyl (C=O) groups excluding carboxylic acids is 3. The maximum Gasteiger partial charge on any atom is 0.355 e. The standard InChI is InChI=1S/C23H22BrN5O7S/c1-13(30)36-19(16-9-27-8-7-26(2)10-18(27)25-16)23(24)21(32)28-17(12-37-22(23)28)20(31)35-11-14-3-5-15(6-4-14)29(33)34/h3-6,9,12,19,22H,7-8,10-11H2,1-2H3/t19?,22-,23-/m0/s1. The minimum atomic E-state index is -1.32. The van der Waals surface area contributed by atoms with Gasteiger partial charge < -0.3 is 14.0 Å². The monoisotopic (exact) mass is 591 g/mol. The van der Waals surface area contributed by atoms with Gasteiger partial charge in [-0.15, -0.1) is 11.8 Å². The Bertz CT molecular complexity index is 1330. The maximum absolute atomic E-state index is 13.5. The third-order valence-corrected chi connectivity index (χ3v) is 9.07. The van der Waals surface area contributed by atoms with Crippen LogP contribution >= 0.6 is 27.7 Å². The summed E-state index contributed by atoms with van der Waals surface area (Å²) >= 11 is 4.80. The molecule has 1 unspecified atom stereocenters. The van der Waals surface area contributed by atoms with Gasteiger partial charge in [-0.05, 0) is 24.7 Å². The number of non-ortho nitro benzene ring substituents is 1. The minimum Gasteiger partial charge on any atom is -0.456 e. The zero-order valence-electron chi connectivity index (χ0n) is 19.8. The molecule has 3 atom stereocenters. The van der Waals surface area contributed by atoms with Crippen LogP contribution in [0.3, 0.4) is 0 Å². The zero-order valence-corrected chi connectivity index (χ0v) is 22.2. The molecule has 1 saturated heterocycles. The van der Waals surface area contributed by atoms with Crippen molar-refractivity contribution in [3.8, 4) is 0 Å². The molecule has 1 fully saturated rings. The predicted octanol–water partition coefficient (Wildman–Crippen LogP) is 2.47. The molecular formula is C23H22BrN5O7S. The number of aromatic nitrogens is 2. The minimum absolute atomic E-state index is 0.0689. The number of benzene rings is 1. The number of nitrogens with zero attached hydrogens (tertiary/aromatic N) is 5. The highest BCUT2D eigenvalue weighted by Crippen LogP contribution is 2.58. The van der Waals surface area contributed by atoms with Crippen LogP contribution in [0.15, 0.2) is 41.6 Å². The first-order valence-electron chi connectivity index (χ1n) is 11.3. The molecule has 2 aromatic rings. The molecule has 0 N–H and O–H groups in total. The zero-order chi connectivity index (χ0) is 26.5. The molecule has 0 spiro atoms. The topological polar surface area (TPSA) is 137 Å². The number of thioether (sulfide) groups is 1. The Labute approximate surface area is 223 Å². The molecule has 3 aliphatic heterocycles. The van der Waals surface area contributed by atoms with E-state index in [1.807, 2.05) is 11.6 Å². The first-order valence-corrected chi connectivity index (χ1v) is 13.0. The van der Waals surface area contributed by atoms with Crippen LogP contribution in [0.1, 0.15) is 30.1 Å². The molecule has 1 amide bonds. The lowest BCUT2D eigenvalue weighted by Crippen LogP contribution is -2.70. The van der Waals surface area contributed by atoms with Crippen molar-refractivity contribution in [1.29, 1.82) is 0 Å². The molecule has 1 aromatic heterocycles. The van der Waals surface area contributed by atoms with Crippen molar-refractivity contribution in [2.45, 2.75) is 42.4 Å². The molecule has 14 heteroatoms. The first kappa shape index (κ1) is 25.4. The van der Waals surface area contributed by atoms with Crippen LogP contribution in [0.25, 0.3) is 0 Å². The Kier molecular flexibility index (Phi) is 6.58. The quantitative estimate of drug-likeness (QED) is 0.155. The summed E-state index contributed by atoms with van der Waals surface area (Å²) in [5.74, 6) is -0.902. The predicted molar refractivity (Wildman–Crippen MR) is 134 cm³/mol. The second-order valence-corrected chi connectivity index (χ2v) is 11.2. The van der Waals surface area contributed by atoms with Gasteiger partial charge in [0.05, 0.1) is 11.5 Å². The molecule has 0 saturated carbocycles. The van der Waals surface area contributed by atoms with Crippen LogP contribution < -0.4 is 0 Å². The highest BCUT2D eigenvalue weighted by atomic mass is 79.9. The van der Waals surface area contributed by atoms with E-state index in [1.54, 1.807) is 11.6 Å². The van der Waals surface area contributed by atoms with Crippen LogP contribution in [0.5, 0.6) is 0 Å². The molecule has 0 aliphatic carbocycles. The number of nitro benzene ring substituents is 1. The van der Waals surface area contributed by atoms with E-state index in [1.165, 1.54) is 47.9 Å². The first-order chi connectivity index (χ1) is 17.6. The van der Waals surface area contributed by atoms with Gasteiger partial charge in [0.15, 0.2) is 10.4 Å². The lowest BCUT2D eigenvalue weighted by molar-refractivity contribution is -0.384. The van der Waals surface area contributed by atoms with Gasteiger partial charge in [-0.25, -0.2) is 9.78 Å². The van der Waals surface area contributed by atoms with Crippen molar-refractivity contribution in [3.05, 3.63) is 68.8 Å². The number of fused-ring (bicyclic) bond motifs is 2. The summed E-state index contributed by atoms with van der Waals surface area (Å²) in [5.41, 5.74) is 1.03. The number of hydrogen-bond donors (Lipinski definition) is 0. The third kappa shape index (κ3) is 4.42. The molecule has 5 rings (SSSR count). The number of halogens is 1. The fourth-order valence-corrected chi connectivity index (χ4v) is 6.74. The Morgan fingerprint density at radius 3 is 2.73 bits per heavy atom. The average molecular weight is 592 g/mol. The van der Waals surface area contributed by atoms with Crippen LogP contribution in [0.2, 0.25) is 0 Å². The summed E-state index contributed by atoms with van der Waals surface area (Å²) < 4.78 is 11.6. The summed E-state index contributed by atoms with van der Waals surface area (Å²) in [6.07, 6.45) is 0.806. The molecule has 0 radical (unpaired) electrons.